The number of carbonyl (C=O) groups is 1. The third kappa shape index (κ3) is 1.61. The number of phenolic OH excluding ortho intramolecular Hbond substituents is 1. The van der Waals surface area contributed by atoms with Crippen LogP contribution < -0.4 is 0 Å². The summed E-state index contributed by atoms with van der Waals surface area (Å²) in [6.45, 7) is 2.69. The Morgan fingerprint density at radius 3 is 2.88 bits per heavy atom. The van der Waals surface area contributed by atoms with E-state index in [1.54, 1.807) is 6.07 Å². The topological polar surface area (TPSA) is 40.5 Å². The lowest BCUT2D eigenvalue weighted by Crippen LogP contribution is -2.37. The summed E-state index contributed by atoms with van der Waals surface area (Å²) in [7, 11) is 0. The predicted molar refractivity (Wildman–Crippen MR) is 65.0 cm³/mol. The molecule has 1 aromatic rings. The van der Waals surface area contributed by atoms with Crippen LogP contribution >= 0.6 is 0 Å². The van der Waals surface area contributed by atoms with Crippen LogP contribution in [0, 0.1) is 12.8 Å². The predicted octanol–water partition coefficient (Wildman–Crippen LogP) is 2.33. The summed E-state index contributed by atoms with van der Waals surface area (Å²) < 4.78 is 0. The number of carbonyl (C=O) groups excluding carboxylic acids is 1. The van der Waals surface area contributed by atoms with Crippen LogP contribution in [0.1, 0.15) is 35.2 Å². The van der Waals surface area contributed by atoms with Gasteiger partial charge >= 0.3 is 0 Å². The normalized spacial score (nSPS) is 26.5. The van der Waals surface area contributed by atoms with Crippen molar-refractivity contribution in [3.63, 3.8) is 0 Å². The second-order valence-corrected chi connectivity index (χ2v) is 5.26. The number of hydrogen-bond donors (Lipinski definition) is 1. The van der Waals surface area contributed by atoms with Gasteiger partial charge in [-0.15, -0.1) is 0 Å². The Kier molecular flexibility index (Phi) is 2.35. The molecule has 2 atom stereocenters. The van der Waals surface area contributed by atoms with Crippen molar-refractivity contribution in [2.75, 3.05) is 6.54 Å². The molecular weight excluding hydrogens is 214 g/mol. The highest BCUT2D eigenvalue weighted by Gasteiger charge is 2.40. The highest BCUT2D eigenvalue weighted by molar-refractivity contribution is 5.97. The molecular formula is C14H17NO2. The quantitative estimate of drug-likeness (QED) is 0.805. The maximum Gasteiger partial charge on any atom is 0.257 e. The molecule has 90 valence electrons. The van der Waals surface area contributed by atoms with Gasteiger partial charge in [-0.05, 0) is 43.7 Å². The fourth-order valence-electron chi connectivity index (χ4n) is 3.16. The third-order valence-corrected chi connectivity index (χ3v) is 4.14. The zero-order valence-electron chi connectivity index (χ0n) is 10.0. The van der Waals surface area contributed by atoms with Gasteiger partial charge in [-0.25, -0.2) is 0 Å². The Morgan fingerprint density at radius 1 is 1.41 bits per heavy atom. The second-order valence-electron chi connectivity index (χ2n) is 5.26. The van der Waals surface area contributed by atoms with E-state index < -0.39 is 0 Å². The minimum atomic E-state index is -0.00148. The zero-order chi connectivity index (χ0) is 12.0. The number of hydrogen-bond acceptors (Lipinski definition) is 2. The number of para-hydroxylation sites is 1. The third-order valence-electron chi connectivity index (χ3n) is 4.14. The second kappa shape index (κ2) is 3.76. The molecule has 2 fully saturated rings. The van der Waals surface area contributed by atoms with E-state index in [1.165, 1.54) is 6.42 Å². The molecule has 2 bridgehead atoms. The summed E-state index contributed by atoms with van der Waals surface area (Å²) in [6.07, 6.45) is 3.54. The van der Waals surface area contributed by atoms with Crippen molar-refractivity contribution < 1.29 is 9.90 Å². The molecule has 1 aliphatic carbocycles. The molecule has 1 saturated carbocycles. The van der Waals surface area contributed by atoms with Crippen LogP contribution in [-0.2, 0) is 0 Å². The summed E-state index contributed by atoms with van der Waals surface area (Å²) >= 11 is 0. The van der Waals surface area contributed by atoms with Gasteiger partial charge in [0.25, 0.3) is 5.91 Å². The maximum absolute atomic E-state index is 12.4. The SMILES string of the molecule is Cc1cccc(C(=O)N2CC3CCC2C3)c1O. The van der Waals surface area contributed by atoms with Crippen molar-refractivity contribution in [3.05, 3.63) is 29.3 Å². The molecule has 0 aromatic heterocycles. The summed E-state index contributed by atoms with van der Waals surface area (Å²) in [6, 6.07) is 5.78. The lowest BCUT2D eigenvalue weighted by molar-refractivity contribution is 0.0700. The highest BCUT2D eigenvalue weighted by Crippen LogP contribution is 2.38. The van der Waals surface area contributed by atoms with Crippen molar-refractivity contribution >= 4 is 5.91 Å². The molecule has 3 nitrogen and oxygen atoms in total. The Labute approximate surface area is 101 Å². The Balaban J connectivity index is 1.89. The molecule has 1 saturated heterocycles. The van der Waals surface area contributed by atoms with Crippen LogP contribution in [-0.4, -0.2) is 28.5 Å². The number of fused-ring (bicyclic) bond motifs is 2. The minimum Gasteiger partial charge on any atom is -0.507 e. The van der Waals surface area contributed by atoms with Crippen LogP contribution in [0.2, 0.25) is 0 Å². The molecule has 1 heterocycles. The number of rotatable bonds is 1. The molecule has 2 unspecified atom stereocenters. The summed E-state index contributed by atoms with van der Waals surface area (Å²) in [5.41, 5.74) is 1.22. The summed E-state index contributed by atoms with van der Waals surface area (Å²) in [5, 5.41) is 9.95. The largest absolute Gasteiger partial charge is 0.507 e. The lowest BCUT2D eigenvalue weighted by Gasteiger charge is -2.27. The Morgan fingerprint density at radius 2 is 2.24 bits per heavy atom. The highest BCUT2D eigenvalue weighted by atomic mass is 16.3. The molecule has 0 radical (unpaired) electrons. The number of piperidine rings is 1. The Bertz CT molecular complexity index is 469. The van der Waals surface area contributed by atoms with Crippen LogP contribution in [0.25, 0.3) is 0 Å². The van der Waals surface area contributed by atoms with E-state index >= 15 is 0 Å². The first-order valence-corrected chi connectivity index (χ1v) is 6.26. The van der Waals surface area contributed by atoms with E-state index in [9.17, 15) is 9.90 Å². The summed E-state index contributed by atoms with van der Waals surface area (Å²) in [5.74, 6) is 0.828. The average molecular weight is 231 g/mol. The first-order valence-electron chi connectivity index (χ1n) is 6.26. The standard InChI is InChI=1S/C14H17NO2/c1-9-3-2-4-12(13(9)16)14(17)15-8-10-5-6-11(15)7-10/h2-4,10-11,16H,5-8H2,1H3. The molecule has 1 aliphatic heterocycles. The molecule has 3 heteroatoms. The minimum absolute atomic E-state index is 0.00148. The van der Waals surface area contributed by atoms with E-state index in [0.29, 0.717) is 17.5 Å². The van der Waals surface area contributed by atoms with E-state index in [4.69, 9.17) is 0 Å². The van der Waals surface area contributed by atoms with Gasteiger partial charge in [0, 0.05) is 12.6 Å². The summed E-state index contributed by atoms with van der Waals surface area (Å²) in [4.78, 5) is 14.3. The molecule has 0 spiro atoms. The van der Waals surface area contributed by atoms with E-state index in [0.717, 1.165) is 24.9 Å². The zero-order valence-corrected chi connectivity index (χ0v) is 10.0. The van der Waals surface area contributed by atoms with E-state index in [-0.39, 0.29) is 11.7 Å². The fourth-order valence-corrected chi connectivity index (χ4v) is 3.16. The number of nitrogens with zero attached hydrogens (tertiary/aromatic N) is 1. The average Bonchev–Trinajstić information content (AvgIpc) is 2.94. The van der Waals surface area contributed by atoms with Crippen molar-refractivity contribution in [3.8, 4) is 5.75 Å². The molecule has 1 N–H and O–H groups in total. The molecule has 2 aliphatic rings. The smallest absolute Gasteiger partial charge is 0.257 e. The van der Waals surface area contributed by atoms with Gasteiger partial charge in [0.05, 0.1) is 5.56 Å². The van der Waals surface area contributed by atoms with Gasteiger partial charge < -0.3 is 10.0 Å². The molecule has 17 heavy (non-hydrogen) atoms. The lowest BCUT2D eigenvalue weighted by atomic mass is 10.1. The number of phenols is 1. The maximum atomic E-state index is 12.4. The van der Waals surface area contributed by atoms with E-state index in [1.807, 2.05) is 24.0 Å². The van der Waals surface area contributed by atoms with Crippen molar-refractivity contribution in [1.82, 2.24) is 4.90 Å². The van der Waals surface area contributed by atoms with Gasteiger partial charge in [0.15, 0.2) is 0 Å². The molecule has 3 rings (SSSR count). The Hall–Kier alpha value is -1.51. The van der Waals surface area contributed by atoms with Crippen LogP contribution in [0.4, 0.5) is 0 Å². The van der Waals surface area contributed by atoms with E-state index in [2.05, 4.69) is 0 Å². The number of aryl methyl sites for hydroxylation is 1. The van der Waals surface area contributed by atoms with Crippen molar-refractivity contribution in [2.45, 2.75) is 32.2 Å². The molecule has 1 aromatic carbocycles. The van der Waals surface area contributed by atoms with Gasteiger partial charge in [-0.3, -0.25) is 4.79 Å². The fraction of sp³-hybridized carbons (Fsp3) is 0.500. The van der Waals surface area contributed by atoms with Crippen molar-refractivity contribution in [2.24, 2.45) is 5.92 Å². The number of benzene rings is 1. The van der Waals surface area contributed by atoms with Gasteiger partial charge in [0.1, 0.15) is 5.75 Å². The van der Waals surface area contributed by atoms with Gasteiger partial charge in [-0.2, -0.15) is 0 Å². The van der Waals surface area contributed by atoms with Crippen LogP contribution in [0.15, 0.2) is 18.2 Å². The number of likely N-dealkylation sites (tertiary alicyclic amines) is 1. The van der Waals surface area contributed by atoms with Crippen LogP contribution in [0.3, 0.4) is 0 Å². The molecule has 1 amide bonds. The number of aromatic hydroxyl groups is 1. The first-order chi connectivity index (χ1) is 8.16. The first kappa shape index (κ1) is 10.6. The number of amides is 1. The van der Waals surface area contributed by atoms with Gasteiger partial charge in [0.2, 0.25) is 0 Å². The monoisotopic (exact) mass is 231 g/mol. The van der Waals surface area contributed by atoms with Gasteiger partial charge in [-0.1, -0.05) is 12.1 Å². The van der Waals surface area contributed by atoms with Crippen LogP contribution in [0.5, 0.6) is 5.75 Å². The van der Waals surface area contributed by atoms with Crippen molar-refractivity contribution in [1.29, 1.82) is 0 Å².